The number of imidazole rings is 1. The van der Waals surface area contributed by atoms with E-state index in [1.54, 1.807) is 19.2 Å². The van der Waals surface area contributed by atoms with Crippen molar-refractivity contribution in [1.82, 2.24) is 13.9 Å². The van der Waals surface area contributed by atoms with Gasteiger partial charge >= 0.3 is 6.18 Å². The number of rotatable bonds is 6. The van der Waals surface area contributed by atoms with E-state index in [1.807, 2.05) is 0 Å². The molecule has 1 aliphatic rings. The summed E-state index contributed by atoms with van der Waals surface area (Å²) in [6.07, 6.45) is -1.75. The Balaban J connectivity index is 1.57. The van der Waals surface area contributed by atoms with Crippen LogP contribution in [0.2, 0.25) is 5.02 Å². The highest BCUT2D eigenvalue weighted by molar-refractivity contribution is 7.89. The average molecular weight is 517 g/mol. The van der Waals surface area contributed by atoms with Crippen LogP contribution in [0.5, 0.6) is 0 Å². The van der Waals surface area contributed by atoms with E-state index in [9.17, 15) is 26.0 Å². The Kier molecular flexibility index (Phi) is 6.63. The smallest absolute Gasteiger partial charge is 0.385 e. The van der Waals surface area contributed by atoms with Crippen LogP contribution in [-0.4, -0.2) is 41.9 Å². The number of sulfonamides is 1. The minimum atomic E-state index is -4.56. The lowest BCUT2D eigenvalue weighted by Crippen LogP contribution is -2.30. The summed E-state index contributed by atoms with van der Waals surface area (Å²) in [5.74, 6) is -0.921. The molecule has 4 rings (SSSR count). The van der Waals surface area contributed by atoms with Gasteiger partial charge in [-0.25, -0.2) is 17.8 Å². The van der Waals surface area contributed by atoms with Crippen LogP contribution in [0, 0.1) is 11.7 Å². The van der Waals surface area contributed by atoms with Gasteiger partial charge in [-0.2, -0.15) is 17.5 Å². The van der Waals surface area contributed by atoms with Crippen molar-refractivity contribution >= 4 is 27.3 Å². The summed E-state index contributed by atoms with van der Waals surface area (Å²) in [7, 11) is -2.19. The Morgan fingerprint density at radius 2 is 1.85 bits per heavy atom. The maximum atomic E-state index is 13.5. The van der Waals surface area contributed by atoms with Crippen molar-refractivity contribution in [2.75, 3.05) is 25.0 Å². The minimum absolute atomic E-state index is 0.0732. The van der Waals surface area contributed by atoms with E-state index >= 15 is 0 Å². The standard InChI is InChI=1S/C22H21ClF4N4O2S/c1-30-12-21(29-13-30)34(32,33)31-10-15(18(11-31)14-2-4-16(24)5-3-14)9-28-17-6-7-19(20(23)8-17)22(25,26)27/h2-8,12-13,15,18,28H,9-11H2,1H3/t15-,18+/m0/s1. The first-order valence-corrected chi connectivity index (χ1v) is 12.1. The van der Waals surface area contributed by atoms with Gasteiger partial charge in [0.05, 0.1) is 16.9 Å². The highest BCUT2D eigenvalue weighted by Gasteiger charge is 2.41. The van der Waals surface area contributed by atoms with Crippen molar-refractivity contribution in [3.63, 3.8) is 0 Å². The molecular weight excluding hydrogens is 496 g/mol. The molecule has 2 aromatic carbocycles. The average Bonchev–Trinajstić information content (AvgIpc) is 3.39. The fraction of sp³-hybridized carbons (Fsp3) is 0.318. The van der Waals surface area contributed by atoms with Crippen molar-refractivity contribution < 1.29 is 26.0 Å². The fourth-order valence-corrected chi connectivity index (χ4v) is 5.86. The van der Waals surface area contributed by atoms with Crippen LogP contribution in [0.25, 0.3) is 0 Å². The lowest BCUT2D eigenvalue weighted by molar-refractivity contribution is -0.137. The molecule has 34 heavy (non-hydrogen) atoms. The Labute approximate surface area is 199 Å². The summed E-state index contributed by atoms with van der Waals surface area (Å²) in [5, 5.41) is 2.56. The van der Waals surface area contributed by atoms with Crippen molar-refractivity contribution in [3.8, 4) is 0 Å². The lowest BCUT2D eigenvalue weighted by atomic mass is 9.89. The van der Waals surface area contributed by atoms with Crippen LogP contribution in [0.4, 0.5) is 23.2 Å². The van der Waals surface area contributed by atoms with Gasteiger partial charge in [-0.1, -0.05) is 23.7 Å². The Hall–Kier alpha value is -2.63. The van der Waals surface area contributed by atoms with Gasteiger partial charge in [0, 0.05) is 44.5 Å². The van der Waals surface area contributed by atoms with Gasteiger partial charge in [0.25, 0.3) is 10.0 Å². The Morgan fingerprint density at radius 3 is 2.44 bits per heavy atom. The number of nitrogens with zero attached hydrogens (tertiary/aromatic N) is 3. The molecule has 182 valence electrons. The fourth-order valence-electron chi connectivity index (χ4n) is 4.08. The van der Waals surface area contributed by atoms with E-state index in [-0.39, 0.29) is 36.5 Å². The molecule has 1 saturated heterocycles. The molecule has 0 aliphatic carbocycles. The van der Waals surface area contributed by atoms with E-state index in [0.29, 0.717) is 5.69 Å². The van der Waals surface area contributed by atoms with Gasteiger partial charge in [0.2, 0.25) is 0 Å². The number of alkyl halides is 3. The number of anilines is 1. The predicted molar refractivity (Wildman–Crippen MR) is 120 cm³/mol. The largest absolute Gasteiger partial charge is 0.417 e. The van der Waals surface area contributed by atoms with Gasteiger partial charge in [-0.3, -0.25) is 0 Å². The first-order chi connectivity index (χ1) is 15.9. The van der Waals surface area contributed by atoms with E-state index in [4.69, 9.17) is 11.6 Å². The first kappa shape index (κ1) is 24.5. The molecule has 1 aliphatic heterocycles. The number of aromatic nitrogens is 2. The molecule has 12 heteroatoms. The third-order valence-electron chi connectivity index (χ3n) is 5.83. The van der Waals surface area contributed by atoms with E-state index in [2.05, 4.69) is 10.3 Å². The second-order valence-corrected chi connectivity index (χ2v) is 10.5. The molecule has 0 unspecified atom stereocenters. The predicted octanol–water partition coefficient (Wildman–Crippen LogP) is 4.75. The summed E-state index contributed by atoms with van der Waals surface area (Å²) < 4.78 is 81.5. The molecule has 0 saturated carbocycles. The molecule has 1 N–H and O–H groups in total. The Morgan fingerprint density at radius 1 is 1.15 bits per heavy atom. The molecule has 0 radical (unpaired) electrons. The second kappa shape index (κ2) is 9.20. The van der Waals surface area contributed by atoms with Crippen molar-refractivity contribution in [2.45, 2.75) is 17.1 Å². The van der Waals surface area contributed by atoms with Crippen LogP contribution in [0.3, 0.4) is 0 Å². The number of hydrogen-bond acceptors (Lipinski definition) is 4. The summed E-state index contributed by atoms with van der Waals surface area (Å²) >= 11 is 5.81. The maximum absolute atomic E-state index is 13.5. The third kappa shape index (κ3) is 5.06. The lowest BCUT2D eigenvalue weighted by Gasteiger charge is -2.20. The zero-order chi connectivity index (χ0) is 24.7. The molecular formula is C22H21ClF4N4O2S. The van der Waals surface area contributed by atoms with Crippen molar-refractivity contribution in [1.29, 1.82) is 0 Å². The first-order valence-electron chi connectivity index (χ1n) is 10.3. The molecule has 1 fully saturated rings. The maximum Gasteiger partial charge on any atom is 0.417 e. The Bertz CT molecular complexity index is 1280. The van der Waals surface area contributed by atoms with Crippen molar-refractivity contribution in [3.05, 3.63) is 77.0 Å². The topological polar surface area (TPSA) is 67.2 Å². The van der Waals surface area contributed by atoms with Gasteiger partial charge in [0.15, 0.2) is 5.03 Å². The van der Waals surface area contributed by atoms with Crippen LogP contribution in [0.1, 0.15) is 17.0 Å². The monoisotopic (exact) mass is 516 g/mol. The summed E-state index contributed by atoms with van der Waals surface area (Å²) in [6, 6.07) is 9.21. The SMILES string of the molecule is Cn1cnc(S(=O)(=O)N2C[C@H](CNc3ccc(C(F)(F)F)c(Cl)c3)[C@@H](c3ccc(F)cc3)C2)c1. The molecule has 0 amide bonds. The van der Waals surface area contributed by atoms with E-state index < -0.39 is 32.6 Å². The highest BCUT2D eigenvalue weighted by atomic mass is 35.5. The normalized spacial score (nSPS) is 19.5. The highest BCUT2D eigenvalue weighted by Crippen LogP contribution is 2.38. The van der Waals surface area contributed by atoms with Gasteiger partial charge in [-0.05, 0) is 41.8 Å². The molecule has 1 aromatic heterocycles. The zero-order valence-electron chi connectivity index (χ0n) is 17.9. The molecule has 3 aromatic rings. The summed E-state index contributed by atoms with van der Waals surface area (Å²) in [5.41, 5.74) is 0.205. The minimum Gasteiger partial charge on any atom is -0.385 e. The van der Waals surface area contributed by atoms with Crippen LogP contribution in [0.15, 0.2) is 60.0 Å². The third-order valence-corrected chi connectivity index (χ3v) is 7.86. The number of hydrogen-bond donors (Lipinski definition) is 1. The summed E-state index contributed by atoms with van der Waals surface area (Å²) in [6.45, 7) is 0.574. The van der Waals surface area contributed by atoms with E-state index in [1.165, 1.54) is 45.7 Å². The summed E-state index contributed by atoms with van der Waals surface area (Å²) in [4.78, 5) is 3.96. The number of aryl methyl sites for hydroxylation is 1. The van der Waals surface area contributed by atoms with Gasteiger partial charge < -0.3 is 9.88 Å². The number of nitrogens with one attached hydrogen (secondary N) is 1. The van der Waals surface area contributed by atoms with Crippen LogP contribution < -0.4 is 5.32 Å². The molecule has 6 nitrogen and oxygen atoms in total. The molecule has 0 spiro atoms. The zero-order valence-corrected chi connectivity index (χ0v) is 19.5. The molecule has 2 atom stereocenters. The number of benzene rings is 2. The number of halogens is 5. The molecule has 2 heterocycles. The van der Waals surface area contributed by atoms with Crippen LogP contribution >= 0.6 is 11.6 Å². The van der Waals surface area contributed by atoms with Crippen molar-refractivity contribution in [2.24, 2.45) is 13.0 Å². The second-order valence-electron chi connectivity index (χ2n) is 8.19. The van der Waals surface area contributed by atoms with E-state index in [0.717, 1.165) is 11.6 Å². The van der Waals surface area contributed by atoms with Gasteiger partial charge in [-0.15, -0.1) is 0 Å². The van der Waals surface area contributed by atoms with Crippen LogP contribution in [-0.2, 0) is 23.2 Å². The quantitative estimate of drug-likeness (QED) is 0.480. The van der Waals surface area contributed by atoms with Gasteiger partial charge in [0.1, 0.15) is 5.82 Å². The molecule has 0 bridgehead atoms.